The number of hydrogen-bond donors (Lipinski definition) is 0. The van der Waals surface area contributed by atoms with Crippen LogP contribution in [-0.4, -0.2) is 60.9 Å². The van der Waals surface area contributed by atoms with Crippen LogP contribution in [0.1, 0.15) is 37.1 Å². The number of hydrogen-bond acceptors (Lipinski definition) is 4. The van der Waals surface area contributed by atoms with Gasteiger partial charge in [-0.15, -0.1) is 0 Å². The molecule has 0 aliphatic carbocycles. The van der Waals surface area contributed by atoms with E-state index in [-0.39, 0.29) is 11.9 Å². The molecular weight excluding hydrogens is 328 g/mol. The van der Waals surface area contributed by atoms with E-state index in [1.807, 2.05) is 31.6 Å². The van der Waals surface area contributed by atoms with E-state index >= 15 is 0 Å². The Morgan fingerprint density at radius 1 is 1.19 bits per heavy atom. The molecule has 0 N–H and O–H groups in total. The van der Waals surface area contributed by atoms with Crippen LogP contribution in [0.4, 0.5) is 0 Å². The lowest BCUT2D eigenvalue weighted by molar-refractivity contribution is -0.134. The lowest BCUT2D eigenvalue weighted by atomic mass is 10.1. The van der Waals surface area contributed by atoms with Crippen molar-refractivity contribution in [1.82, 2.24) is 29.4 Å². The highest BCUT2D eigenvalue weighted by atomic mass is 16.2. The topological polar surface area (TPSA) is 59.2 Å². The zero-order chi connectivity index (χ0) is 17.9. The first kappa shape index (κ1) is 17.3. The second-order valence-corrected chi connectivity index (χ2v) is 7.53. The molecule has 2 aromatic heterocycles. The van der Waals surface area contributed by atoms with E-state index in [1.54, 1.807) is 4.68 Å². The molecule has 2 aromatic rings. The molecule has 1 saturated heterocycles. The van der Waals surface area contributed by atoms with Crippen molar-refractivity contribution in [2.45, 2.75) is 51.2 Å². The van der Waals surface area contributed by atoms with Crippen LogP contribution < -0.4 is 0 Å². The van der Waals surface area contributed by atoms with Gasteiger partial charge in [0.05, 0.1) is 24.4 Å². The van der Waals surface area contributed by atoms with Crippen molar-refractivity contribution in [1.29, 1.82) is 0 Å². The summed E-state index contributed by atoms with van der Waals surface area (Å²) in [4.78, 5) is 17.7. The first-order valence-electron chi connectivity index (χ1n) is 9.70. The van der Waals surface area contributed by atoms with Gasteiger partial charge in [0.25, 0.3) is 0 Å². The molecule has 0 saturated carbocycles. The van der Waals surface area contributed by atoms with Gasteiger partial charge < -0.3 is 9.80 Å². The summed E-state index contributed by atoms with van der Waals surface area (Å²) < 4.78 is 3.81. The molecule has 140 valence electrons. The van der Waals surface area contributed by atoms with Crippen LogP contribution in [-0.2, 0) is 31.4 Å². The van der Waals surface area contributed by atoms with Crippen molar-refractivity contribution in [3.63, 3.8) is 0 Å². The molecule has 2 aliphatic rings. The SMILES string of the molecule is Cn1ccc(CC(=O)N2Cc3ccnn3CC[C@H]2CN2CCCCC2)n1. The number of aryl methyl sites for hydroxylation is 2. The molecule has 0 radical (unpaired) electrons. The number of aromatic nitrogens is 4. The van der Waals surface area contributed by atoms with Crippen molar-refractivity contribution >= 4 is 5.91 Å². The van der Waals surface area contributed by atoms with Crippen LogP contribution in [0, 0.1) is 0 Å². The highest BCUT2D eigenvalue weighted by Crippen LogP contribution is 2.21. The monoisotopic (exact) mass is 356 g/mol. The van der Waals surface area contributed by atoms with E-state index in [4.69, 9.17) is 0 Å². The Kier molecular flexibility index (Phi) is 5.06. The largest absolute Gasteiger partial charge is 0.332 e. The summed E-state index contributed by atoms with van der Waals surface area (Å²) in [7, 11) is 1.89. The van der Waals surface area contributed by atoms with Crippen molar-refractivity contribution in [2.75, 3.05) is 19.6 Å². The lowest BCUT2D eigenvalue weighted by Gasteiger charge is -2.35. The molecule has 1 amide bonds. The maximum Gasteiger partial charge on any atom is 0.229 e. The number of piperidine rings is 1. The number of fused-ring (bicyclic) bond motifs is 1. The Morgan fingerprint density at radius 3 is 2.81 bits per heavy atom. The predicted octanol–water partition coefficient (Wildman–Crippen LogP) is 1.45. The van der Waals surface area contributed by atoms with E-state index in [2.05, 4.69) is 24.7 Å². The Balaban J connectivity index is 1.51. The maximum atomic E-state index is 13.1. The van der Waals surface area contributed by atoms with E-state index in [9.17, 15) is 4.79 Å². The zero-order valence-electron chi connectivity index (χ0n) is 15.5. The van der Waals surface area contributed by atoms with Gasteiger partial charge in [0, 0.05) is 38.6 Å². The van der Waals surface area contributed by atoms with E-state index in [0.717, 1.165) is 44.0 Å². The Morgan fingerprint density at radius 2 is 2.04 bits per heavy atom. The molecule has 1 fully saturated rings. The fraction of sp³-hybridized carbons (Fsp3) is 0.632. The quantitative estimate of drug-likeness (QED) is 0.832. The van der Waals surface area contributed by atoms with Gasteiger partial charge in [-0.1, -0.05) is 6.42 Å². The molecule has 26 heavy (non-hydrogen) atoms. The second kappa shape index (κ2) is 7.61. The summed E-state index contributed by atoms with van der Waals surface area (Å²) in [5, 5.41) is 8.81. The number of carbonyl (C=O) groups is 1. The standard InChI is InChI=1S/C19H28N6O/c1-22-11-6-16(21-22)13-19(26)24-15-18-5-8-20-25(18)12-7-17(24)14-23-9-3-2-4-10-23/h5-6,8,11,17H,2-4,7,9-10,12-15H2,1H3/t17-/m0/s1. The number of rotatable bonds is 4. The summed E-state index contributed by atoms with van der Waals surface area (Å²) in [5.74, 6) is 0.167. The number of nitrogens with zero attached hydrogens (tertiary/aromatic N) is 6. The molecule has 0 bridgehead atoms. The van der Waals surface area contributed by atoms with Gasteiger partial charge in [-0.3, -0.25) is 14.2 Å². The average molecular weight is 356 g/mol. The minimum Gasteiger partial charge on any atom is -0.332 e. The van der Waals surface area contributed by atoms with E-state index < -0.39 is 0 Å². The maximum absolute atomic E-state index is 13.1. The van der Waals surface area contributed by atoms with Gasteiger partial charge in [0.1, 0.15) is 0 Å². The fourth-order valence-electron chi connectivity index (χ4n) is 4.16. The van der Waals surface area contributed by atoms with Crippen LogP contribution in [0.5, 0.6) is 0 Å². The molecule has 4 rings (SSSR count). The Labute approximate surface area is 154 Å². The summed E-state index contributed by atoms with van der Waals surface area (Å²) in [6, 6.07) is 4.20. The highest BCUT2D eigenvalue weighted by Gasteiger charge is 2.30. The third kappa shape index (κ3) is 3.82. The smallest absolute Gasteiger partial charge is 0.229 e. The Hall–Kier alpha value is -2.15. The van der Waals surface area contributed by atoms with Crippen LogP contribution >= 0.6 is 0 Å². The zero-order valence-corrected chi connectivity index (χ0v) is 15.5. The molecule has 7 nitrogen and oxygen atoms in total. The van der Waals surface area contributed by atoms with Gasteiger partial charge >= 0.3 is 0 Å². The summed E-state index contributed by atoms with van der Waals surface area (Å²) in [6.07, 6.45) is 8.93. The van der Waals surface area contributed by atoms with Gasteiger partial charge in [-0.2, -0.15) is 10.2 Å². The minimum atomic E-state index is 0.167. The molecule has 2 aliphatic heterocycles. The first-order chi connectivity index (χ1) is 12.7. The molecule has 1 atom stereocenters. The number of likely N-dealkylation sites (tertiary alicyclic amines) is 1. The molecule has 4 heterocycles. The summed E-state index contributed by atoms with van der Waals surface area (Å²) >= 11 is 0. The molecule has 0 aromatic carbocycles. The molecule has 7 heteroatoms. The third-order valence-corrected chi connectivity index (χ3v) is 5.59. The van der Waals surface area contributed by atoms with E-state index in [1.165, 1.54) is 19.3 Å². The van der Waals surface area contributed by atoms with E-state index in [0.29, 0.717) is 13.0 Å². The summed E-state index contributed by atoms with van der Waals surface area (Å²) in [6.45, 7) is 4.81. The van der Waals surface area contributed by atoms with Gasteiger partial charge in [-0.05, 0) is 44.5 Å². The minimum absolute atomic E-state index is 0.167. The average Bonchev–Trinajstić information content (AvgIpc) is 3.22. The first-order valence-corrected chi connectivity index (χ1v) is 9.70. The van der Waals surface area contributed by atoms with Crippen molar-refractivity contribution in [2.24, 2.45) is 7.05 Å². The van der Waals surface area contributed by atoms with Crippen molar-refractivity contribution in [3.8, 4) is 0 Å². The normalized spacial score (nSPS) is 21.4. The third-order valence-electron chi connectivity index (χ3n) is 5.59. The van der Waals surface area contributed by atoms with Gasteiger partial charge in [0.2, 0.25) is 5.91 Å². The number of carbonyl (C=O) groups excluding carboxylic acids is 1. The van der Waals surface area contributed by atoms with Gasteiger partial charge in [0.15, 0.2) is 0 Å². The van der Waals surface area contributed by atoms with Gasteiger partial charge in [-0.25, -0.2) is 0 Å². The molecular formula is C19H28N6O. The molecule has 0 unspecified atom stereocenters. The Bertz CT molecular complexity index is 745. The second-order valence-electron chi connectivity index (χ2n) is 7.53. The number of amides is 1. The highest BCUT2D eigenvalue weighted by molar-refractivity contribution is 5.78. The van der Waals surface area contributed by atoms with Crippen LogP contribution in [0.3, 0.4) is 0 Å². The molecule has 0 spiro atoms. The van der Waals surface area contributed by atoms with Crippen LogP contribution in [0.2, 0.25) is 0 Å². The van der Waals surface area contributed by atoms with Crippen molar-refractivity contribution in [3.05, 3.63) is 35.9 Å². The predicted molar refractivity (Wildman–Crippen MR) is 98.4 cm³/mol. The van der Waals surface area contributed by atoms with Crippen molar-refractivity contribution < 1.29 is 4.79 Å². The lowest BCUT2D eigenvalue weighted by Crippen LogP contribution is -2.47. The van der Waals surface area contributed by atoms with Crippen LogP contribution in [0.25, 0.3) is 0 Å². The summed E-state index contributed by atoms with van der Waals surface area (Å²) in [5.41, 5.74) is 1.97. The fourth-order valence-corrected chi connectivity index (χ4v) is 4.16. The van der Waals surface area contributed by atoms with Crippen LogP contribution in [0.15, 0.2) is 24.5 Å².